The fourth-order valence-electron chi connectivity index (χ4n) is 4.34. The number of fused-ring (bicyclic) bond motifs is 2. The van der Waals surface area contributed by atoms with Crippen molar-refractivity contribution in [3.05, 3.63) is 66.1 Å². The molecule has 0 amide bonds. The quantitative estimate of drug-likeness (QED) is 0.548. The average molecular weight is 384 g/mol. The third-order valence-electron chi connectivity index (χ3n) is 6.06. The summed E-state index contributed by atoms with van der Waals surface area (Å²) in [6.07, 6.45) is 8.21. The Morgan fingerprint density at radius 1 is 1.10 bits per heavy atom. The van der Waals surface area contributed by atoms with Gasteiger partial charge in [-0.2, -0.15) is 5.10 Å². The third-order valence-corrected chi connectivity index (χ3v) is 6.06. The number of benzene rings is 1. The maximum absolute atomic E-state index is 5.98. The molecule has 146 valence electrons. The number of rotatable bonds is 4. The van der Waals surface area contributed by atoms with Crippen molar-refractivity contribution in [2.75, 3.05) is 11.5 Å². The number of nitrogen functional groups attached to an aromatic ring is 2. The maximum Gasteiger partial charge on any atom is 0.151 e. The van der Waals surface area contributed by atoms with Gasteiger partial charge in [-0.15, -0.1) is 0 Å². The van der Waals surface area contributed by atoms with Gasteiger partial charge in [0.15, 0.2) is 5.82 Å². The van der Waals surface area contributed by atoms with E-state index in [2.05, 4.69) is 52.3 Å². The molecule has 3 heterocycles. The number of anilines is 2. The lowest BCUT2D eigenvalue weighted by Gasteiger charge is -2.21. The van der Waals surface area contributed by atoms with Gasteiger partial charge >= 0.3 is 0 Å². The summed E-state index contributed by atoms with van der Waals surface area (Å²) in [5.74, 6) is 1.08. The lowest BCUT2D eigenvalue weighted by atomic mass is 9.84. The highest BCUT2D eigenvalue weighted by Crippen LogP contribution is 2.43. The van der Waals surface area contributed by atoms with Crippen molar-refractivity contribution in [3.63, 3.8) is 0 Å². The number of hydrogen-bond donors (Lipinski definition) is 2. The van der Waals surface area contributed by atoms with Crippen LogP contribution in [0.3, 0.4) is 0 Å². The van der Waals surface area contributed by atoms with Crippen LogP contribution in [0.5, 0.6) is 0 Å². The topological polar surface area (TPSA) is 95.1 Å². The van der Waals surface area contributed by atoms with Gasteiger partial charge in [0.1, 0.15) is 17.7 Å². The SMILES string of the molecule is C[C@]1(CCc2ccc3ccc(N)nc3c2)C=C(c2ccc3c(N)ncnn23)CC1. The van der Waals surface area contributed by atoms with Gasteiger partial charge in [0, 0.05) is 5.39 Å². The zero-order valence-corrected chi connectivity index (χ0v) is 16.5. The number of pyridine rings is 1. The van der Waals surface area contributed by atoms with Crippen molar-refractivity contribution in [2.45, 2.75) is 32.6 Å². The van der Waals surface area contributed by atoms with Gasteiger partial charge in [0.2, 0.25) is 0 Å². The van der Waals surface area contributed by atoms with Crippen LogP contribution >= 0.6 is 0 Å². The van der Waals surface area contributed by atoms with Crippen LogP contribution in [-0.2, 0) is 6.42 Å². The zero-order valence-electron chi connectivity index (χ0n) is 16.5. The molecular weight excluding hydrogens is 360 g/mol. The van der Waals surface area contributed by atoms with Crippen LogP contribution in [-0.4, -0.2) is 19.6 Å². The second-order valence-corrected chi connectivity index (χ2v) is 8.25. The lowest BCUT2D eigenvalue weighted by Crippen LogP contribution is -2.10. The Hall–Kier alpha value is -3.41. The largest absolute Gasteiger partial charge is 0.384 e. The van der Waals surface area contributed by atoms with Gasteiger partial charge in [-0.1, -0.05) is 25.1 Å². The molecule has 1 aliphatic carbocycles. The molecule has 0 spiro atoms. The first-order chi connectivity index (χ1) is 14.0. The molecule has 0 unspecified atom stereocenters. The minimum absolute atomic E-state index is 0.163. The van der Waals surface area contributed by atoms with E-state index in [0.717, 1.165) is 47.8 Å². The highest BCUT2D eigenvalue weighted by atomic mass is 15.3. The first kappa shape index (κ1) is 17.7. The molecular formula is C23H24N6. The normalized spacial score (nSPS) is 19.1. The van der Waals surface area contributed by atoms with Crippen LogP contribution in [0.2, 0.25) is 0 Å². The van der Waals surface area contributed by atoms with Crippen molar-refractivity contribution >= 4 is 33.6 Å². The highest BCUT2D eigenvalue weighted by Gasteiger charge is 2.29. The maximum atomic E-state index is 5.98. The Morgan fingerprint density at radius 3 is 2.86 bits per heavy atom. The second-order valence-electron chi connectivity index (χ2n) is 8.25. The molecule has 0 radical (unpaired) electrons. The van der Waals surface area contributed by atoms with Crippen LogP contribution in [0.25, 0.3) is 22.0 Å². The number of aromatic nitrogens is 4. The molecule has 0 saturated heterocycles. The first-order valence-electron chi connectivity index (χ1n) is 9.96. The summed E-state index contributed by atoms with van der Waals surface area (Å²) in [7, 11) is 0. The van der Waals surface area contributed by atoms with E-state index in [1.165, 1.54) is 17.5 Å². The van der Waals surface area contributed by atoms with E-state index in [-0.39, 0.29) is 5.41 Å². The van der Waals surface area contributed by atoms with Gasteiger partial charge in [-0.3, -0.25) is 0 Å². The molecule has 3 aromatic heterocycles. The predicted octanol–water partition coefficient (Wildman–Crippen LogP) is 4.26. The standard InChI is InChI=1S/C23H24N6/c1-23(10-8-15-2-3-16-4-7-21(24)28-18(16)12-15)11-9-17(13-23)19-5-6-20-22(25)26-14-27-29(19)20/h2-7,12-14H,8-11H2,1H3,(H2,24,28)(H2,25,26,27)/t23-/m1/s1. The molecule has 4 aromatic rings. The molecule has 6 nitrogen and oxygen atoms in total. The Morgan fingerprint density at radius 2 is 1.97 bits per heavy atom. The third kappa shape index (κ3) is 3.20. The Labute approximate surface area is 169 Å². The average Bonchev–Trinajstić information content (AvgIpc) is 3.31. The summed E-state index contributed by atoms with van der Waals surface area (Å²) in [4.78, 5) is 8.54. The summed E-state index contributed by atoms with van der Waals surface area (Å²) >= 11 is 0. The van der Waals surface area contributed by atoms with Crippen LogP contribution in [0, 0.1) is 5.41 Å². The molecule has 0 fully saturated rings. The Balaban J connectivity index is 1.38. The highest BCUT2D eigenvalue weighted by molar-refractivity contribution is 5.80. The molecule has 1 aliphatic rings. The summed E-state index contributed by atoms with van der Waals surface area (Å²) in [6, 6.07) is 14.4. The predicted molar refractivity (Wildman–Crippen MR) is 117 cm³/mol. The van der Waals surface area contributed by atoms with Crippen LogP contribution < -0.4 is 11.5 Å². The van der Waals surface area contributed by atoms with Crippen LogP contribution in [0.1, 0.15) is 37.4 Å². The molecule has 5 rings (SSSR count). The van der Waals surface area contributed by atoms with Crippen molar-refractivity contribution in [2.24, 2.45) is 5.41 Å². The summed E-state index contributed by atoms with van der Waals surface area (Å²) in [5.41, 5.74) is 17.6. The molecule has 0 bridgehead atoms. The molecule has 29 heavy (non-hydrogen) atoms. The van der Waals surface area contributed by atoms with Gasteiger partial charge in [0.05, 0.1) is 11.2 Å². The van der Waals surface area contributed by atoms with Crippen molar-refractivity contribution in [3.8, 4) is 0 Å². The van der Waals surface area contributed by atoms with E-state index in [1.807, 2.05) is 22.7 Å². The first-order valence-corrected chi connectivity index (χ1v) is 9.96. The summed E-state index contributed by atoms with van der Waals surface area (Å²) < 4.78 is 1.90. The van der Waals surface area contributed by atoms with E-state index in [9.17, 15) is 0 Å². The smallest absolute Gasteiger partial charge is 0.151 e. The number of aryl methyl sites for hydroxylation is 1. The van der Waals surface area contributed by atoms with Crippen LogP contribution in [0.15, 0.2) is 54.9 Å². The van der Waals surface area contributed by atoms with E-state index in [0.29, 0.717) is 11.6 Å². The minimum Gasteiger partial charge on any atom is -0.384 e. The number of allylic oxidation sites excluding steroid dienone is 2. The Kier molecular flexibility index (Phi) is 4.01. The molecule has 1 aromatic carbocycles. The van der Waals surface area contributed by atoms with Crippen molar-refractivity contribution in [1.29, 1.82) is 0 Å². The Bertz CT molecular complexity index is 1250. The number of nitrogens with two attached hydrogens (primary N) is 2. The summed E-state index contributed by atoms with van der Waals surface area (Å²) in [6.45, 7) is 2.34. The van der Waals surface area contributed by atoms with Gasteiger partial charge in [-0.25, -0.2) is 14.5 Å². The molecule has 6 heteroatoms. The monoisotopic (exact) mass is 384 g/mol. The zero-order chi connectivity index (χ0) is 20.0. The van der Waals surface area contributed by atoms with Crippen LogP contribution in [0.4, 0.5) is 11.6 Å². The fraction of sp³-hybridized carbons (Fsp3) is 0.261. The van der Waals surface area contributed by atoms with Crippen molar-refractivity contribution < 1.29 is 0 Å². The number of nitrogens with zero attached hydrogens (tertiary/aromatic N) is 4. The van der Waals surface area contributed by atoms with Crippen molar-refractivity contribution in [1.82, 2.24) is 19.6 Å². The van der Waals surface area contributed by atoms with E-state index in [1.54, 1.807) is 0 Å². The van der Waals surface area contributed by atoms with Gasteiger partial charge in [0.25, 0.3) is 0 Å². The van der Waals surface area contributed by atoms with E-state index < -0.39 is 0 Å². The van der Waals surface area contributed by atoms with E-state index >= 15 is 0 Å². The second kappa shape index (κ2) is 6.58. The molecule has 4 N–H and O–H groups in total. The van der Waals surface area contributed by atoms with E-state index in [4.69, 9.17) is 11.5 Å². The summed E-state index contributed by atoms with van der Waals surface area (Å²) in [5, 5.41) is 5.52. The molecule has 0 saturated carbocycles. The number of hydrogen-bond acceptors (Lipinski definition) is 5. The fourth-order valence-corrected chi connectivity index (χ4v) is 4.34. The minimum atomic E-state index is 0.163. The molecule has 1 atom stereocenters. The lowest BCUT2D eigenvalue weighted by molar-refractivity contribution is 0.385. The molecule has 0 aliphatic heterocycles. The van der Waals surface area contributed by atoms with Gasteiger partial charge < -0.3 is 11.5 Å². The van der Waals surface area contributed by atoms with Gasteiger partial charge in [-0.05, 0) is 72.6 Å².